The fraction of sp³-hybridized carbons (Fsp3) is 0.250. The van der Waals surface area contributed by atoms with Gasteiger partial charge in [-0.05, 0) is 35.6 Å². The molecule has 2 aromatic rings. The van der Waals surface area contributed by atoms with Gasteiger partial charge in [-0.25, -0.2) is 8.32 Å². The molecule has 0 spiro atoms. The van der Waals surface area contributed by atoms with Gasteiger partial charge < -0.3 is 10.1 Å². The van der Waals surface area contributed by atoms with Crippen LogP contribution in [-0.2, 0) is 16.0 Å². The minimum absolute atomic E-state index is 0.0481. The van der Waals surface area contributed by atoms with Gasteiger partial charge in [0.1, 0.15) is 6.04 Å². The average Bonchev–Trinajstić information content (AvgIpc) is 3.09. The molecule has 1 aromatic heterocycles. The molecule has 1 amide bonds. The lowest BCUT2D eigenvalue weighted by Gasteiger charge is -2.13. The maximum atomic E-state index is 12.2. The van der Waals surface area contributed by atoms with Crippen LogP contribution in [0.4, 0.5) is 0 Å². The molecule has 7 heteroatoms. The Balaban J connectivity index is 1.84. The molecule has 5 nitrogen and oxygen atoms in total. The van der Waals surface area contributed by atoms with Gasteiger partial charge >= 0.3 is 5.97 Å². The molecule has 1 atom stereocenters. The number of esters is 1. The van der Waals surface area contributed by atoms with Crippen LogP contribution < -0.4 is 8.85 Å². The number of rotatable bonds is 7. The summed E-state index contributed by atoms with van der Waals surface area (Å²) in [5.74, 6) is -0.398. The molecule has 2 N–H and O–H groups in total. The third-order valence-corrected chi connectivity index (χ3v) is 4.85. The highest BCUT2D eigenvalue weighted by Crippen LogP contribution is 2.20. The first-order valence-corrected chi connectivity index (χ1v) is 8.96. The second-order valence-corrected chi connectivity index (χ2v) is 6.39. The summed E-state index contributed by atoms with van der Waals surface area (Å²) in [5, 5.41) is 4.88. The molecule has 0 saturated heterocycles. The zero-order valence-corrected chi connectivity index (χ0v) is 15.5. The van der Waals surface area contributed by atoms with E-state index in [9.17, 15) is 9.59 Å². The lowest BCUT2D eigenvalue weighted by Crippen LogP contribution is -2.34. The van der Waals surface area contributed by atoms with Crippen molar-refractivity contribution in [2.45, 2.75) is 12.5 Å². The fourth-order valence-electron chi connectivity index (χ4n) is 2.05. The molecular formula is C16H17IN2O3S. The predicted molar refractivity (Wildman–Crippen MR) is 98.7 cm³/mol. The summed E-state index contributed by atoms with van der Waals surface area (Å²) < 4.78 is 7.66. The molecule has 122 valence electrons. The summed E-state index contributed by atoms with van der Waals surface area (Å²) in [6.07, 6.45) is 0.700. The molecule has 2 rings (SSSR count). The van der Waals surface area contributed by atoms with Crippen LogP contribution in [0.3, 0.4) is 0 Å². The molecule has 0 aliphatic rings. The maximum absolute atomic E-state index is 12.2. The number of carbonyl (C=O) groups excluding carboxylic acids is 2. The van der Waals surface area contributed by atoms with Crippen LogP contribution in [-0.4, -0.2) is 25.5 Å². The van der Waals surface area contributed by atoms with Crippen LogP contribution in [0.15, 0.2) is 41.8 Å². The number of hydrogen-bond acceptors (Lipinski definition) is 5. The highest BCUT2D eigenvalue weighted by atomic mass is 127. The van der Waals surface area contributed by atoms with Gasteiger partial charge in [0.05, 0.1) is 12.7 Å². The number of carbonyl (C=O) groups is 2. The molecule has 23 heavy (non-hydrogen) atoms. The van der Waals surface area contributed by atoms with E-state index in [-0.39, 0.29) is 17.9 Å². The quantitative estimate of drug-likeness (QED) is 0.392. The molecule has 0 radical (unpaired) electrons. The molecule has 0 aliphatic carbocycles. The van der Waals surface area contributed by atoms with Crippen molar-refractivity contribution < 1.29 is 14.3 Å². The number of ether oxygens (including phenoxy) is 1. The number of nitrogens with one attached hydrogen (secondary N) is 2. The number of thiophene rings is 1. The number of hydrogen-bond donors (Lipinski definition) is 2. The second-order valence-electron chi connectivity index (χ2n) is 4.79. The normalized spacial score (nSPS) is 11.7. The fourth-order valence-corrected chi connectivity index (χ4v) is 3.65. The molecular weight excluding hydrogens is 427 g/mol. The van der Waals surface area contributed by atoms with Crippen molar-refractivity contribution in [3.05, 3.63) is 57.8 Å². The van der Waals surface area contributed by atoms with E-state index < -0.39 is 0 Å². The van der Waals surface area contributed by atoms with Gasteiger partial charge in [-0.3, -0.25) is 4.79 Å². The summed E-state index contributed by atoms with van der Waals surface area (Å²) in [4.78, 5) is 24.6. The zero-order chi connectivity index (χ0) is 16.7. The first-order valence-electron chi connectivity index (χ1n) is 7.00. The summed E-state index contributed by atoms with van der Waals surface area (Å²) in [6, 6.07) is 10.7. The van der Waals surface area contributed by atoms with Crippen LogP contribution in [0.25, 0.3) is 0 Å². The Morgan fingerprint density at radius 3 is 2.57 bits per heavy atom. The van der Waals surface area contributed by atoms with Gasteiger partial charge in [0.2, 0.25) is 5.91 Å². The third kappa shape index (κ3) is 5.02. The first kappa shape index (κ1) is 17.9. The van der Waals surface area contributed by atoms with Crippen molar-refractivity contribution >= 4 is 46.1 Å². The second kappa shape index (κ2) is 8.99. The van der Waals surface area contributed by atoms with Crippen LogP contribution in [0, 0.1) is 0 Å². The number of halogens is 1. The molecule has 1 heterocycles. The highest BCUT2D eigenvalue weighted by Gasteiger charge is 2.19. The van der Waals surface area contributed by atoms with E-state index in [0.29, 0.717) is 18.5 Å². The van der Waals surface area contributed by atoms with Crippen LogP contribution in [0.2, 0.25) is 0 Å². The number of benzene rings is 1. The van der Waals surface area contributed by atoms with Gasteiger partial charge in [0.25, 0.3) is 0 Å². The van der Waals surface area contributed by atoms with E-state index >= 15 is 0 Å². The van der Waals surface area contributed by atoms with Crippen molar-refractivity contribution in [1.29, 1.82) is 0 Å². The lowest BCUT2D eigenvalue weighted by molar-refractivity contribution is -0.122. The van der Waals surface area contributed by atoms with Crippen molar-refractivity contribution in [2.75, 3.05) is 13.7 Å². The zero-order valence-electron chi connectivity index (χ0n) is 12.5. The summed E-state index contributed by atoms with van der Waals surface area (Å²) in [5.41, 5.74) is 1.57. The van der Waals surface area contributed by atoms with Gasteiger partial charge in [-0.2, -0.15) is 0 Å². The molecule has 0 saturated carbocycles. The van der Waals surface area contributed by atoms with Crippen LogP contribution in [0.5, 0.6) is 0 Å². The van der Waals surface area contributed by atoms with E-state index in [4.69, 9.17) is 0 Å². The van der Waals surface area contributed by atoms with Gasteiger partial charge in [0.15, 0.2) is 0 Å². The van der Waals surface area contributed by atoms with Crippen molar-refractivity contribution in [3.8, 4) is 0 Å². The van der Waals surface area contributed by atoms with E-state index in [2.05, 4.69) is 13.6 Å². The largest absolute Gasteiger partial charge is 0.465 e. The van der Waals surface area contributed by atoms with Gasteiger partial charge in [0, 0.05) is 34.3 Å². The van der Waals surface area contributed by atoms with Crippen molar-refractivity contribution in [3.63, 3.8) is 0 Å². The smallest absolute Gasteiger partial charge is 0.337 e. The SMILES string of the molecule is COC(=O)c1ccc(CCNC(=O)C(NI)c2cccs2)cc1. The first-order chi connectivity index (χ1) is 11.2. The highest BCUT2D eigenvalue weighted by molar-refractivity contribution is 14.1. The summed E-state index contributed by atoms with van der Waals surface area (Å²) >= 11 is 3.54. The predicted octanol–water partition coefficient (Wildman–Crippen LogP) is 2.87. The average molecular weight is 444 g/mol. The Kier molecular flexibility index (Phi) is 7.00. The molecule has 0 fully saturated rings. The summed E-state index contributed by atoms with van der Waals surface area (Å²) in [6.45, 7) is 0.538. The Morgan fingerprint density at radius 2 is 2.00 bits per heavy atom. The van der Waals surface area contributed by atoms with Crippen LogP contribution >= 0.6 is 34.2 Å². The Labute approximate surface area is 152 Å². The van der Waals surface area contributed by atoms with E-state index in [1.54, 1.807) is 23.5 Å². The topological polar surface area (TPSA) is 67.4 Å². The van der Waals surface area contributed by atoms with Crippen LogP contribution in [0.1, 0.15) is 26.8 Å². The molecule has 0 bridgehead atoms. The minimum Gasteiger partial charge on any atom is -0.465 e. The Bertz CT molecular complexity index is 644. The number of methoxy groups -OCH3 is 1. The number of amides is 1. The standard InChI is InChI=1S/C16H17IN2O3S/c1-22-16(21)12-6-4-11(5-7-12)8-9-18-15(20)14(19-17)13-3-2-10-23-13/h2-7,10,14,19H,8-9H2,1H3,(H,18,20). The monoisotopic (exact) mass is 444 g/mol. The van der Waals surface area contributed by atoms with E-state index in [1.807, 2.05) is 52.5 Å². The maximum Gasteiger partial charge on any atom is 0.337 e. The minimum atomic E-state index is -0.350. The van der Waals surface area contributed by atoms with E-state index in [0.717, 1.165) is 10.4 Å². The lowest BCUT2D eigenvalue weighted by atomic mass is 10.1. The Morgan fingerprint density at radius 1 is 1.26 bits per heavy atom. The molecule has 0 aliphatic heterocycles. The van der Waals surface area contributed by atoms with Gasteiger partial charge in [-0.1, -0.05) is 18.2 Å². The summed E-state index contributed by atoms with van der Waals surface area (Å²) in [7, 11) is 1.36. The third-order valence-electron chi connectivity index (χ3n) is 3.29. The van der Waals surface area contributed by atoms with Crippen molar-refractivity contribution in [2.24, 2.45) is 0 Å². The van der Waals surface area contributed by atoms with Gasteiger partial charge in [-0.15, -0.1) is 11.3 Å². The molecule has 1 aromatic carbocycles. The molecule has 1 unspecified atom stereocenters. The Hall–Kier alpha value is -1.45. The van der Waals surface area contributed by atoms with E-state index in [1.165, 1.54) is 7.11 Å². The van der Waals surface area contributed by atoms with Crippen molar-refractivity contribution in [1.82, 2.24) is 8.85 Å².